The van der Waals surface area contributed by atoms with Crippen LogP contribution in [-0.2, 0) is 10.3 Å². The Morgan fingerprint density at radius 1 is 1.47 bits per heavy atom. The summed E-state index contributed by atoms with van der Waals surface area (Å²) in [5, 5.41) is 0.129. The van der Waals surface area contributed by atoms with E-state index in [0.717, 1.165) is 50.6 Å². The van der Waals surface area contributed by atoms with Crippen LogP contribution < -0.4 is 0 Å². The molecule has 104 valence electrons. The molecule has 0 bridgehead atoms. The van der Waals surface area contributed by atoms with E-state index < -0.39 is 5.82 Å². The molecule has 1 aromatic carbocycles. The maximum Gasteiger partial charge on any atom is 0.210 e. The highest BCUT2D eigenvalue weighted by molar-refractivity contribution is 6.30. The highest BCUT2D eigenvalue weighted by Crippen LogP contribution is 2.46. The minimum atomic E-state index is -0.410. The van der Waals surface area contributed by atoms with Crippen LogP contribution >= 0.6 is 11.6 Å². The Kier molecular flexibility index (Phi) is 4.46. The van der Waals surface area contributed by atoms with Gasteiger partial charge in [-0.15, -0.1) is 0 Å². The van der Waals surface area contributed by atoms with Crippen molar-refractivity contribution in [2.45, 2.75) is 44.6 Å². The Morgan fingerprint density at radius 2 is 2.21 bits per heavy atom. The first-order valence-corrected chi connectivity index (χ1v) is 7.19. The molecule has 19 heavy (non-hydrogen) atoms. The number of carbonyl (C=O) groups excluding carboxylic acids is 1. The smallest absolute Gasteiger partial charge is 0.210 e. The molecule has 1 saturated carbocycles. The lowest BCUT2D eigenvalue weighted by atomic mass is 9.70. The number of unbranched alkanes of at least 4 members (excludes halogenated alkanes) is 1. The molecule has 1 aromatic rings. The van der Waals surface area contributed by atoms with Gasteiger partial charge >= 0.3 is 0 Å². The number of hydrogen-bond acceptors (Lipinski definition) is 1. The minimum Gasteiger partial charge on any atom is -0.336 e. The number of hydrogen-bond donors (Lipinski definition) is 0. The predicted molar refractivity (Wildman–Crippen MR) is 74.6 cm³/mol. The van der Waals surface area contributed by atoms with Crippen LogP contribution in [0.4, 0.5) is 4.39 Å². The Hall–Kier alpha value is -1.09. The lowest BCUT2D eigenvalue weighted by molar-refractivity contribution is -0.128. The Bertz CT molecular complexity index is 459. The number of halogens is 2. The minimum absolute atomic E-state index is 0.129. The average molecular weight is 284 g/mol. The highest BCUT2D eigenvalue weighted by atomic mass is 35.5. The zero-order valence-corrected chi connectivity index (χ0v) is 11.9. The SMILES string of the molecule is CCCCN(C=O)C1(c2ccc(Cl)c(F)c2)CCC1. The third-order valence-electron chi connectivity index (χ3n) is 4.07. The summed E-state index contributed by atoms with van der Waals surface area (Å²) in [5.74, 6) is -0.410. The van der Waals surface area contributed by atoms with Crippen molar-refractivity contribution in [2.75, 3.05) is 6.54 Å². The fourth-order valence-electron chi connectivity index (χ4n) is 2.74. The topological polar surface area (TPSA) is 20.3 Å². The fourth-order valence-corrected chi connectivity index (χ4v) is 2.85. The molecule has 2 rings (SSSR count). The van der Waals surface area contributed by atoms with Gasteiger partial charge in [-0.05, 0) is 43.4 Å². The van der Waals surface area contributed by atoms with Crippen molar-refractivity contribution in [2.24, 2.45) is 0 Å². The normalized spacial score (nSPS) is 16.8. The molecule has 0 N–H and O–H groups in total. The van der Waals surface area contributed by atoms with Crippen molar-refractivity contribution in [3.63, 3.8) is 0 Å². The van der Waals surface area contributed by atoms with Crippen molar-refractivity contribution < 1.29 is 9.18 Å². The molecule has 1 amide bonds. The summed E-state index contributed by atoms with van der Waals surface area (Å²) in [5.41, 5.74) is 0.548. The maximum atomic E-state index is 13.7. The first kappa shape index (κ1) is 14.3. The van der Waals surface area contributed by atoms with Crippen LogP contribution in [0, 0.1) is 5.82 Å². The Balaban J connectivity index is 2.30. The van der Waals surface area contributed by atoms with E-state index in [4.69, 9.17) is 11.6 Å². The highest BCUT2D eigenvalue weighted by Gasteiger charge is 2.43. The molecule has 0 aliphatic heterocycles. The number of nitrogens with zero attached hydrogens (tertiary/aromatic N) is 1. The third kappa shape index (κ3) is 2.62. The molecule has 0 heterocycles. The van der Waals surface area contributed by atoms with Crippen LogP contribution in [0.25, 0.3) is 0 Å². The van der Waals surface area contributed by atoms with E-state index in [0.29, 0.717) is 0 Å². The molecular formula is C15H19ClFNO. The van der Waals surface area contributed by atoms with Crippen molar-refractivity contribution in [3.8, 4) is 0 Å². The number of rotatable bonds is 6. The first-order chi connectivity index (χ1) is 9.14. The maximum absolute atomic E-state index is 13.7. The lowest BCUT2D eigenvalue weighted by Gasteiger charge is -2.49. The monoisotopic (exact) mass is 283 g/mol. The van der Waals surface area contributed by atoms with Gasteiger partial charge in [-0.25, -0.2) is 4.39 Å². The molecule has 0 unspecified atom stereocenters. The van der Waals surface area contributed by atoms with Crippen molar-refractivity contribution in [1.82, 2.24) is 4.90 Å². The van der Waals surface area contributed by atoms with Gasteiger partial charge < -0.3 is 4.90 Å². The molecule has 1 aliphatic rings. The van der Waals surface area contributed by atoms with Crippen LogP contribution in [0.2, 0.25) is 5.02 Å². The molecule has 0 aromatic heterocycles. The zero-order chi connectivity index (χ0) is 13.9. The molecule has 0 saturated heterocycles. The molecule has 4 heteroatoms. The second-order valence-electron chi connectivity index (χ2n) is 5.17. The van der Waals surface area contributed by atoms with E-state index in [9.17, 15) is 9.18 Å². The summed E-state index contributed by atoms with van der Waals surface area (Å²) in [7, 11) is 0. The summed E-state index contributed by atoms with van der Waals surface area (Å²) < 4.78 is 13.7. The standard InChI is InChI=1S/C15H19ClFNO/c1-2-3-9-18(11-19)15(7-4-8-15)12-5-6-13(16)14(17)10-12/h5-6,10-11H,2-4,7-9H2,1H3. The largest absolute Gasteiger partial charge is 0.336 e. The fraction of sp³-hybridized carbons (Fsp3) is 0.533. The van der Waals surface area contributed by atoms with Crippen LogP contribution in [0.1, 0.15) is 44.6 Å². The average Bonchev–Trinajstić information content (AvgIpc) is 2.36. The zero-order valence-electron chi connectivity index (χ0n) is 11.2. The molecular weight excluding hydrogens is 265 g/mol. The number of benzene rings is 1. The van der Waals surface area contributed by atoms with Gasteiger partial charge in [-0.2, -0.15) is 0 Å². The quantitative estimate of drug-likeness (QED) is 0.719. The molecule has 0 spiro atoms. The Morgan fingerprint density at radius 3 is 2.68 bits per heavy atom. The number of carbonyl (C=O) groups is 1. The van der Waals surface area contributed by atoms with Crippen LogP contribution in [0.15, 0.2) is 18.2 Å². The van der Waals surface area contributed by atoms with Crippen molar-refractivity contribution >= 4 is 18.0 Å². The van der Waals surface area contributed by atoms with E-state index in [1.165, 1.54) is 6.07 Å². The molecule has 0 atom stereocenters. The van der Waals surface area contributed by atoms with Gasteiger partial charge in [0.05, 0.1) is 10.6 Å². The summed E-state index contributed by atoms with van der Waals surface area (Å²) in [6.07, 6.45) is 5.78. The lowest BCUT2D eigenvalue weighted by Crippen LogP contribution is -2.50. The van der Waals surface area contributed by atoms with Crippen molar-refractivity contribution in [3.05, 3.63) is 34.6 Å². The van der Waals surface area contributed by atoms with E-state index in [1.807, 2.05) is 11.0 Å². The van der Waals surface area contributed by atoms with Gasteiger partial charge in [0, 0.05) is 6.54 Å². The van der Waals surface area contributed by atoms with Gasteiger partial charge in [0.15, 0.2) is 0 Å². The van der Waals surface area contributed by atoms with Gasteiger partial charge in [-0.1, -0.05) is 31.0 Å². The van der Waals surface area contributed by atoms with Gasteiger partial charge in [0.2, 0.25) is 6.41 Å². The summed E-state index contributed by atoms with van der Waals surface area (Å²) in [6.45, 7) is 2.82. The van der Waals surface area contributed by atoms with E-state index in [-0.39, 0.29) is 10.6 Å². The van der Waals surface area contributed by atoms with Gasteiger partial charge in [0.25, 0.3) is 0 Å². The van der Waals surface area contributed by atoms with Crippen LogP contribution in [0.3, 0.4) is 0 Å². The number of amides is 1. The Labute approximate surface area is 118 Å². The van der Waals surface area contributed by atoms with E-state index >= 15 is 0 Å². The predicted octanol–water partition coefficient (Wildman–Crippen LogP) is 4.12. The van der Waals surface area contributed by atoms with E-state index in [2.05, 4.69) is 6.92 Å². The van der Waals surface area contributed by atoms with Gasteiger partial charge in [-0.3, -0.25) is 4.79 Å². The van der Waals surface area contributed by atoms with Crippen LogP contribution in [-0.4, -0.2) is 17.9 Å². The van der Waals surface area contributed by atoms with Crippen molar-refractivity contribution in [1.29, 1.82) is 0 Å². The summed E-state index contributed by atoms with van der Waals surface area (Å²) >= 11 is 5.73. The second kappa shape index (κ2) is 5.91. The van der Waals surface area contributed by atoms with E-state index in [1.54, 1.807) is 6.07 Å². The van der Waals surface area contributed by atoms with Gasteiger partial charge in [0.1, 0.15) is 5.82 Å². The second-order valence-corrected chi connectivity index (χ2v) is 5.57. The first-order valence-electron chi connectivity index (χ1n) is 6.81. The molecule has 2 nitrogen and oxygen atoms in total. The molecule has 1 fully saturated rings. The van der Waals surface area contributed by atoms with Crippen LogP contribution in [0.5, 0.6) is 0 Å². The third-order valence-corrected chi connectivity index (χ3v) is 4.37. The molecule has 1 aliphatic carbocycles. The summed E-state index contributed by atoms with van der Waals surface area (Å²) in [6, 6.07) is 4.89. The molecule has 0 radical (unpaired) electrons. The summed E-state index contributed by atoms with van der Waals surface area (Å²) in [4.78, 5) is 13.2.